The van der Waals surface area contributed by atoms with Crippen molar-refractivity contribution in [3.8, 4) is 0 Å². The molecule has 0 aromatic heterocycles. The highest BCUT2D eigenvalue weighted by atomic mass is 19.4. The van der Waals surface area contributed by atoms with Crippen molar-refractivity contribution in [2.24, 2.45) is 0 Å². The number of hydrogen-bond acceptors (Lipinski definition) is 2. The van der Waals surface area contributed by atoms with Gasteiger partial charge in [0.25, 0.3) is 11.5 Å². The number of halogens is 3. The quantitative estimate of drug-likeness (QED) is 0.734. The first-order chi connectivity index (χ1) is 7.68. The molecule has 0 unspecified atom stereocenters. The highest BCUT2D eigenvalue weighted by Crippen LogP contribution is 2.47. The Balaban J connectivity index is 2.74. The minimum Gasteiger partial charge on any atom is -0.368 e. The number of amides is 1. The summed E-state index contributed by atoms with van der Waals surface area (Å²) in [6.07, 6.45) is -5.04. The molecule has 0 bridgehead atoms. The minimum atomic E-state index is -5.04. The number of aryl methyl sites for hydroxylation is 2. The van der Waals surface area contributed by atoms with Crippen LogP contribution < -0.4 is 5.32 Å². The molecular formula is C11H10F3NO2. The van der Waals surface area contributed by atoms with Gasteiger partial charge in [0, 0.05) is 5.56 Å². The second kappa shape index (κ2) is 3.22. The van der Waals surface area contributed by atoms with Crippen LogP contribution >= 0.6 is 0 Å². The van der Waals surface area contributed by atoms with Crippen molar-refractivity contribution < 1.29 is 23.1 Å². The van der Waals surface area contributed by atoms with Gasteiger partial charge in [-0.15, -0.1) is 0 Å². The smallest absolute Gasteiger partial charge is 0.368 e. The number of fused-ring (bicyclic) bond motifs is 1. The number of carbonyl (C=O) groups excluding carboxylic acids is 1. The van der Waals surface area contributed by atoms with Gasteiger partial charge in [-0.3, -0.25) is 4.79 Å². The first-order valence-electron chi connectivity index (χ1n) is 4.90. The Morgan fingerprint density at radius 3 is 2.41 bits per heavy atom. The van der Waals surface area contributed by atoms with Crippen LogP contribution in [-0.4, -0.2) is 17.2 Å². The maximum atomic E-state index is 12.8. The molecule has 0 spiro atoms. The molecule has 0 saturated carbocycles. The lowest BCUT2D eigenvalue weighted by atomic mass is 9.92. The number of hydrogen-bond donors (Lipinski definition) is 2. The summed E-state index contributed by atoms with van der Waals surface area (Å²) in [5.41, 5.74) is -2.78. The zero-order valence-corrected chi connectivity index (χ0v) is 9.14. The summed E-state index contributed by atoms with van der Waals surface area (Å²) in [6, 6.07) is 2.81. The van der Waals surface area contributed by atoms with Crippen molar-refractivity contribution in [3.63, 3.8) is 0 Å². The fraction of sp³-hybridized carbons (Fsp3) is 0.364. The number of carbonyl (C=O) groups is 1. The summed E-state index contributed by atoms with van der Waals surface area (Å²) in [4.78, 5) is 11.4. The Morgan fingerprint density at radius 1 is 1.29 bits per heavy atom. The fourth-order valence-electron chi connectivity index (χ4n) is 2.03. The summed E-state index contributed by atoms with van der Waals surface area (Å²) in [5.74, 6) is -1.45. The van der Waals surface area contributed by atoms with E-state index in [9.17, 15) is 23.1 Å². The number of nitrogens with one attached hydrogen (secondary N) is 1. The van der Waals surface area contributed by atoms with Crippen LogP contribution in [0.25, 0.3) is 0 Å². The maximum Gasteiger partial charge on any atom is 0.430 e. The SMILES string of the molecule is Cc1cc(C)c2c(c1)[C@@](O)(C(F)(F)F)C(=O)N2. The molecule has 1 aliphatic rings. The molecule has 17 heavy (non-hydrogen) atoms. The Hall–Kier alpha value is -1.56. The standard InChI is InChI=1S/C11H10F3NO2/c1-5-3-6(2)8-7(4-5)10(17,9(16)15-8)11(12,13)14/h3-4,17H,1-2H3,(H,15,16)/t10-/m0/s1. The number of anilines is 1. The van der Waals surface area contributed by atoms with E-state index in [1.54, 1.807) is 19.9 Å². The summed E-state index contributed by atoms with van der Waals surface area (Å²) in [5, 5.41) is 11.7. The Bertz CT molecular complexity index is 510. The average Bonchev–Trinajstić information content (AvgIpc) is 2.42. The predicted molar refractivity (Wildman–Crippen MR) is 54.5 cm³/mol. The lowest BCUT2D eigenvalue weighted by Crippen LogP contribution is -2.47. The third-order valence-corrected chi connectivity index (χ3v) is 2.85. The van der Waals surface area contributed by atoms with E-state index in [-0.39, 0.29) is 5.69 Å². The van der Waals surface area contributed by atoms with Gasteiger partial charge in [0.05, 0.1) is 5.69 Å². The first-order valence-corrected chi connectivity index (χ1v) is 4.90. The second-order valence-electron chi connectivity index (χ2n) is 4.17. The van der Waals surface area contributed by atoms with Gasteiger partial charge in [-0.1, -0.05) is 17.7 Å². The minimum absolute atomic E-state index is 0.0421. The van der Waals surface area contributed by atoms with Crippen molar-refractivity contribution in [2.45, 2.75) is 25.6 Å². The average molecular weight is 245 g/mol. The lowest BCUT2D eigenvalue weighted by molar-refractivity contribution is -0.252. The molecule has 92 valence electrons. The molecular weight excluding hydrogens is 235 g/mol. The molecule has 3 nitrogen and oxygen atoms in total. The molecule has 0 saturated heterocycles. The number of aliphatic hydroxyl groups is 1. The molecule has 0 fully saturated rings. The number of benzene rings is 1. The molecule has 1 amide bonds. The van der Waals surface area contributed by atoms with E-state index < -0.39 is 23.2 Å². The second-order valence-corrected chi connectivity index (χ2v) is 4.17. The van der Waals surface area contributed by atoms with Gasteiger partial charge in [0.1, 0.15) is 0 Å². The van der Waals surface area contributed by atoms with E-state index in [4.69, 9.17) is 0 Å². The Kier molecular flexibility index (Phi) is 2.26. The van der Waals surface area contributed by atoms with Gasteiger partial charge in [-0.25, -0.2) is 0 Å². The summed E-state index contributed by atoms with van der Waals surface area (Å²) in [7, 11) is 0. The van der Waals surface area contributed by atoms with E-state index in [1.807, 2.05) is 0 Å². The van der Waals surface area contributed by atoms with Crippen molar-refractivity contribution in [1.82, 2.24) is 0 Å². The topological polar surface area (TPSA) is 49.3 Å². The van der Waals surface area contributed by atoms with Gasteiger partial charge < -0.3 is 10.4 Å². The molecule has 0 radical (unpaired) electrons. The van der Waals surface area contributed by atoms with Gasteiger partial charge in [-0.05, 0) is 19.4 Å². The van der Waals surface area contributed by atoms with Gasteiger partial charge in [0.15, 0.2) is 0 Å². The molecule has 1 aromatic carbocycles. The van der Waals surface area contributed by atoms with E-state index >= 15 is 0 Å². The Labute approximate surface area is 95.3 Å². The molecule has 1 aliphatic heterocycles. The Morgan fingerprint density at radius 2 is 1.88 bits per heavy atom. The summed E-state index contributed by atoms with van der Waals surface area (Å²) in [6.45, 7) is 3.18. The van der Waals surface area contributed by atoms with Crippen molar-refractivity contribution in [3.05, 3.63) is 28.8 Å². The molecule has 1 heterocycles. The number of alkyl halides is 3. The monoisotopic (exact) mass is 245 g/mol. The largest absolute Gasteiger partial charge is 0.430 e. The molecule has 1 aromatic rings. The third-order valence-electron chi connectivity index (χ3n) is 2.85. The van der Waals surface area contributed by atoms with Crippen LogP contribution in [0.15, 0.2) is 12.1 Å². The van der Waals surface area contributed by atoms with Crippen LogP contribution in [0, 0.1) is 13.8 Å². The van der Waals surface area contributed by atoms with E-state index in [0.717, 1.165) is 0 Å². The molecule has 6 heteroatoms. The van der Waals surface area contributed by atoms with Crippen molar-refractivity contribution in [2.75, 3.05) is 5.32 Å². The van der Waals surface area contributed by atoms with Gasteiger partial charge >= 0.3 is 6.18 Å². The van der Waals surface area contributed by atoms with E-state index in [0.29, 0.717) is 11.1 Å². The summed E-state index contributed by atoms with van der Waals surface area (Å²) < 4.78 is 38.5. The van der Waals surface area contributed by atoms with Crippen LogP contribution in [0.4, 0.5) is 18.9 Å². The van der Waals surface area contributed by atoms with Crippen LogP contribution in [-0.2, 0) is 10.4 Å². The first kappa shape index (κ1) is 11.9. The normalized spacial score (nSPS) is 23.5. The molecule has 2 N–H and O–H groups in total. The third kappa shape index (κ3) is 1.44. The van der Waals surface area contributed by atoms with Crippen molar-refractivity contribution in [1.29, 1.82) is 0 Å². The van der Waals surface area contributed by atoms with Crippen LogP contribution in [0.2, 0.25) is 0 Å². The zero-order valence-electron chi connectivity index (χ0n) is 9.14. The fourth-order valence-corrected chi connectivity index (χ4v) is 2.03. The van der Waals surface area contributed by atoms with Crippen molar-refractivity contribution >= 4 is 11.6 Å². The van der Waals surface area contributed by atoms with Crippen LogP contribution in [0.1, 0.15) is 16.7 Å². The summed E-state index contributed by atoms with van der Waals surface area (Å²) >= 11 is 0. The highest BCUT2D eigenvalue weighted by molar-refractivity contribution is 6.06. The lowest BCUT2D eigenvalue weighted by Gasteiger charge is -2.24. The van der Waals surface area contributed by atoms with Gasteiger partial charge in [-0.2, -0.15) is 13.2 Å². The van der Waals surface area contributed by atoms with Gasteiger partial charge in [0.2, 0.25) is 0 Å². The van der Waals surface area contributed by atoms with E-state index in [1.165, 1.54) is 6.07 Å². The van der Waals surface area contributed by atoms with Crippen LogP contribution in [0.5, 0.6) is 0 Å². The van der Waals surface area contributed by atoms with E-state index in [2.05, 4.69) is 5.32 Å². The molecule has 2 rings (SSSR count). The van der Waals surface area contributed by atoms with Crippen LogP contribution in [0.3, 0.4) is 0 Å². The number of rotatable bonds is 0. The predicted octanol–water partition coefficient (Wildman–Crippen LogP) is 2.01. The highest BCUT2D eigenvalue weighted by Gasteiger charge is 2.64. The maximum absolute atomic E-state index is 12.8. The molecule has 0 aliphatic carbocycles. The molecule has 1 atom stereocenters. The zero-order chi connectivity index (χ0) is 13.0.